The molecule has 19 heavy (non-hydrogen) atoms. The lowest BCUT2D eigenvalue weighted by Gasteiger charge is -2.43. The standard InChI is InChI=1S/C16H19NO2/c1-17(9-16(10-18)11-19-12-16)15-8-4-6-13-5-2-3-7-14(13)15/h2-8,18H,9-12H2,1H3. The van der Waals surface area contributed by atoms with Crippen LogP contribution in [-0.2, 0) is 4.74 Å². The molecule has 0 bridgehead atoms. The molecular formula is C16H19NO2. The Morgan fingerprint density at radius 1 is 1.16 bits per heavy atom. The minimum absolute atomic E-state index is 0.0916. The van der Waals surface area contributed by atoms with Gasteiger partial charge in [-0.25, -0.2) is 0 Å². The zero-order valence-electron chi connectivity index (χ0n) is 11.2. The van der Waals surface area contributed by atoms with E-state index in [2.05, 4.69) is 54.4 Å². The molecule has 3 nitrogen and oxygen atoms in total. The lowest BCUT2D eigenvalue weighted by molar-refractivity contribution is -0.130. The number of aliphatic hydroxyl groups excluding tert-OH is 1. The topological polar surface area (TPSA) is 32.7 Å². The average molecular weight is 257 g/mol. The van der Waals surface area contributed by atoms with E-state index >= 15 is 0 Å². The normalized spacial score (nSPS) is 17.2. The van der Waals surface area contributed by atoms with Crippen molar-refractivity contribution in [2.75, 3.05) is 38.3 Å². The fourth-order valence-electron chi connectivity index (χ4n) is 2.75. The molecule has 0 spiro atoms. The van der Waals surface area contributed by atoms with E-state index in [-0.39, 0.29) is 12.0 Å². The molecule has 3 heteroatoms. The van der Waals surface area contributed by atoms with Crippen molar-refractivity contribution in [1.29, 1.82) is 0 Å². The Kier molecular flexibility index (Phi) is 3.17. The fourth-order valence-corrected chi connectivity index (χ4v) is 2.75. The Morgan fingerprint density at radius 3 is 2.58 bits per heavy atom. The molecule has 0 radical (unpaired) electrons. The summed E-state index contributed by atoms with van der Waals surface area (Å²) in [5.41, 5.74) is 1.11. The van der Waals surface area contributed by atoms with Crippen LogP contribution < -0.4 is 4.90 Å². The molecule has 1 N–H and O–H groups in total. The molecule has 0 amide bonds. The van der Waals surface area contributed by atoms with Gasteiger partial charge in [-0.3, -0.25) is 0 Å². The first-order valence-corrected chi connectivity index (χ1v) is 6.62. The van der Waals surface area contributed by atoms with Gasteiger partial charge in [-0.1, -0.05) is 36.4 Å². The van der Waals surface area contributed by atoms with Crippen LogP contribution in [0.15, 0.2) is 42.5 Å². The minimum Gasteiger partial charge on any atom is -0.396 e. The lowest BCUT2D eigenvalue weighted by atomic mass is 9.86. The number of hydrogen-bond donors (Lipinski definition) is 1. The Hall–Kier alpha value is -1.58. The molecule has 0 unspecified atom stereocenters. The molecule has 1 aliphatic heterocycles. The van der Waals surface area contributed by atoms with Gasteiger partial charge in [0.25, 0.3) is 0 Å². The predicted molar refractivity (Wildman–Crippen MR) is 77.6 cm³/mol. The molecule has 1 fully saturated rings. The van der Waals surface area contributed by atoms with Crippen LogP contribution in [0.4, 0.5) is 5.69 Å². The van der Waals surface area contributed by atoms with E-state index in [4.69, 9.17) is 4.74 Å². The van der Waals surface area contributed by atoms with Crippen LogP contribution in [0.1, 0.15) is 0 Å². The van der Waals surface area contributed by atoms with Gasteiger partial charge in [-0.15, -0.1) is 0 Å². The van der Waals surface area contributed by atoms with E-state index in [0.29, 0.717) is 13.2 Å². The number of hydrogen-bond acceptors (Lipinski definition) is 3. The molecule has 0 saturated carbocycles. The number of aliphatic hydroxyl groups is 1. The minimum atomic E-state index is -0.0916. The molecule has 2 aromatic rings. The fraction of sp³-hybridized carbons (Fsp3) is 0.375. The molecule has 1 heterocycles. The third-order valence-electron chi connectivity index (χ3n) is 3.90. The molecule has 1 saturated heterocycles. The number of ether oxygens (including phenoxy) is 1. The van der Waals surface area contributed by atoms with Crippen molar-refractivity contribution in [2.45, 2.75) is 0 Å². The second-order valence-corrected chi connectivity index (χ2v) is 5.51. The highest BCUT2D eigenvalue weighted by molar-refractivity contribution is 5.94. The maximum atomic E-state index is 9.54. The molecule has 2 aromatic carbocycles. The molecule has 0 aliphatic carbocycles. The Morgan fingerprint density at radius 2 is 1.89 bits per heavy atom. The number of benzene rings is 2. The lowest BCUT2D eigenvalue weighted by Crippen LogP contribution is -2.52. The van der Waals surface area contributed by atoms with Gasteiger partial charge in [0.05, 0.1) is 25.2 Å². The average Bonchev–Trinajstić information content (AvgIpc) is 2.42. The quantitative estimate of drug-likeness (QED) is 0.912. The van der Waals surface area contributed by atoms with Crippen LogP contribution in [-0.4, -0.2) is 38.5 Å². The van der Waals surface area contributed by atoms with Gasteiger partial charge < -0.3 is 14.7 Å². The van der Waals surface area contributed by atoms with Crippen molar-refractivity contribution in [1.82, 2.24) is 0 Å². The van der Waals surface area contributed by atoms with Crippen LogP contribution in [0.2, 0.25) is 0 Å². The summed E-state index contributed by atoms with van der Waals surface area (Å²) in [6.07, 6.45) is 0. The van der Waals surface area contributed by atoms with E-state index < -0.39 is 0 Å². The van der Waals surface area contributed by atoms with Crippen molar-refractivity contribution in [3.05, 3.63) is 42.5 Å². The second kappa shape index (κ2) is 4.83. The third-order valence-corrected chi connectivity index (χ3v) is 3.90. The maximum absolute atomic E-state index is 9.54. The summed E-state index contributed by atoms with van der Waals surface area (Å²) in [6.45, 7) is 2.30. The van der Waals surface area contributed by atoms with Crippen LogP contribution >= 0.6 is 0 Å². The summed E-state index contributed by atoms with van der Waals surface area (Å²) in [7, 11) is 2.08. The van der Waals surface area contributed by atoms with E-state index in [9.17, 15) is 5.11 Å². The highest BCUT2D eigenvalue weighted by Crippen LogP contribution is 2.32. The molecule has 100 valence electrons. The SMILES string of the molecule is CN(CC1(CO)COC1)c1cccc2ccccc12. The molecule has 0 aromatic heterocycles. The highest BCUT2D eigenvalue weighted by Gasteiger charge is 2.39. The zero-order chi connectivity index (χ0) is 13.3. The van der Waals surface area contributed by atoms with Crippen molar-refractivity contribution < 1.29 is 9.84 Å². The van der Waals surface area contributed by atoms with Crippen LogP contribution in [0.3, 0.4) is 0 Å². The van der Waals surface area contributed by atoms with Crippen molar-refractivity contribution >= 4 is 16.5 Å². The maximum Gasteiger partial charge on any atom is 0.0584 e. The Labute approximate surface area is 113 Å². The summed E-state index contributed by atoms with van der Waals surface area (Å²) in [5.74, 6) is 0. The number of anilines is 1. The number of fused-ring (bicyclic) bond motifs is 1. The summed E-state index contributed by atoms with van der Waals surface area (Å²) in [6, 6.07) is 14.7. The van der Waals surface area contributed by atoms with Gasteiger partial charge in [0, 0.05) is 24.7 Å². The van der Waals surface area contributed by atoms with Gasteiger partial charge in [-0.2, -0.15) is 0 Å². The number of rotatable bonds is 4. The summed E-state index contributed by atoms with van der Waals surface area (Å²) >= 11 is 0. The number of nitrogens with zero attached hydrogens (tertiary/aromatic N) is 1. The van der Waals surface area contributed by atoms with Gasteiger partial charge in [0.1, 0.15) is 0 Å². The largest absolute Gasteiger partial charge is 0.396 e. The second-order valence-electron chi connectivity index (χ2n) is 5.51. The summed E-state index contributed by atoms with van der Waals surface area (Å²) in [4.78, 5) is 2.22. The van der Waals surface area contributed by atoms with Gasteiger partial charge in [-0.05, 0) is 11.5 Å². The summed E-state index contributed by atoms with van der Waals surface area (Å²) < 4.78 is 5.27. The van der Waals surface area contributed by atoms with E-state index in [1.165, 1.54) is 16.5 Å². The molecule has 3 rings (SSSR count). The van der Waals surface area contributed by atoms with Gasteiger partial charge in [0.15, 0.2) is 0 Å². The summed E-state index contributed by atoms with van der Waals surface area (Å²) in [5, 5.41) is 12.0. The smallest absolute Gasteiger partial charge is 0.0584 e. The zero-order valence-corrected chi connectivity index (χ0v) is 11.2. The first-order chi connectivity index (χ1) is 9.24. The van der Waals surface area contributed by atoms with Crippen molar-refractivity contribution in [3.63, 3.8) is 0 Å². The van der Waals surface area contributed by atoms with E-state index in [1.54, 1.807) is 0 Å². The molecule has 0 atom stereocenters. The van der Waals surface area contributed by atoms with Crippen molar-refractivity contribution in [3.8, 4) is 0 Å². The monoisotopic (exact) mass is 257 g/mol. The van der Waals surface area contributed by atoms with Gasteiger partial charge >= 0.3 is 0 Å². The van der Waals surface area contributed by atoms with Crippen LogP contribution in [0, 0.1) is 5.41 Å². The third kappa shape index (κ3) is 2.20. The van der Waals surface area contributed by atoms with E-state index in [0.717, 1.165) is 6.54 Å². The first kappa shape index (κ1) is 12.5. The first-order valence-electron chi connectivity index (χ1n) is 6.62. The Balaban J connectivity index is 1.91. The molecular weight excluding hydrogens is 238 g/mol. The predicted octanol–water partition coefficient (Wildman–Crippen LogP) is 2.28. The van der Waals surface area contributed by atoms with Crippen LogP contribution in [0.5, 0.6) is 0 Å². The Bertz CT molecular complexity index is 567. The molecule has 1 aliphatic rings. The van der Waals surface area contributed by atoms with E-state index in [1.807, 2.05) is 0 Å². The van der Waals surface area contributed by atoms with Gasteiger partial charge in [0.2, 0.25) is 0 Å². The van der Waals surface area contributed by atoms with Crippen molar-refractivity contribution in [2.24, 2.45) is 5.41 Å². The van der Waals surface area contributed by atoms with Crippen LogP contribution in [0.25, 0.3) is 10.8 Å². The highest BCUT2D eigenvalue weighted by atomic mass is 16.5.